The Labute approximate surface area is 172 Å². The zero-order valence-electron chi connectivity index (χ0n) is 17.5. The average molecular weight is 405 g/mol. The van der Waals surface area contributed by atoms with E-state index in [9.17, 15) is 14.4 Å². The van der Waals surface area contributed by atoms with Crippen molar-refractivity contribution in [3.8, 4) is 0 Å². The van der Waals surface area contributed by atoms with Gasteiger partial charge in [0, 0.05) is 31.9 Å². The van der Waals surface area contributed by atoms with Gasteiger partial charge in [0.15, 0.2) is 0 Å². The number of nitrogens with zero attached hydrogens (tertiary/aromatic N) is 1. The zero-order chi connectivity index (χ0) is 21.2. The van der Waals surface area contributed by atoms with E-state index in [1.54, 1.807) is 7.11 Å². The molecule has 1 aliphatic heterocycles. The number of aryl methyl sites for hydroxylation is 2. The second-order valence-electron chi connectivity index (χ2n) is 7.51. The van der Waals surface area contributed by atoms with Crippen molar-refractivity contribution in [3.05, 3.63) is 29.3 Å². The van der Waals surface area contributed by atoms with Gasteiger partial charge >= 0.3 is 6.03 Å². The Hall–Kier alpha value is -2.45. The van der Waals surface area contributed by atoms with Crippen molar-refractivity contribution in [1.82, 2.24) is 15.5 Å². The van der Waals surface area contributed by atoms with E-state index in [1.807, 2.05) is 36.9 Å². The topological polar surface area (TPSA) is 99.8 Å². The second kappa shape index (κ2) is 11.5. The monoisotopic (exact) mass is 404 g/mol. The first-order chi connectivity index (χ1) is 13.9. The summed E-state index contributed by atoms with van der Waals surface area (Å²) in [6.45, 7) is 6.58. The van der Waals surface area contributed by atoms with Gasteiger partial charge in [-0.05, 0) is 57.8 Å². The minimum atomic E-state index is -0.535. The normalized spacial score (nSPS) is 15.0. The molecule has 29 heavy (non-hydrogen) atoms. The van der Waals surface area contributed by atoms with Gasteiger partial charge < -0.3 is 15.4 Å². The molecule has 0 aromatic heterocycles. The Bertz CT molecular complexity index is 715. The van der Waals surface area contributed by atoms with E-state index in [2.05, 4.69) is 16.0 Å². The van der Waals surface area contributed by atoms with E-state index in [-0.39, 0.29) is 24.3 Å². The first-order valence-corrected chi connectivity index (χ1v) is 10.1. The number of anilines is 1. The number of piperidine rings is 1. The predicted octanol–water partition coefficient (Wildman–Crippen LogP) is 1.82. The van der Waals surface area contributed by atoms with Crippen LogP contribution in [0.1, 0.15) is 30.4 Å². The Morgan fingerprint density at radius 2 is 1.90 bits per heavy atom. The van der Waals surface area contributed by atoms with Crippen LogP contribution in [0.5, 0.6) is 0 Å². The molecular formula is C21H32N4O4. The molecular weight excluding hydrogens is 372 g/mol. The SMILES string of the molecule is COCCCNC(=O)C1CCN(CC(=O)NC(=O)Nc2ccc(C)cc2C)CC1. The number of imide groups is 1. The Kier molecular flexibility index (Phi) is 9.08. The lowest BCUT2D eigenvalue weighted by Gasteiger charge is -2.30. The molecule has 160 valence electrons. The highest BCUT2D eigenvalue weighted by atomic mass is 16.5. The molecule has 0 atom stereocenters. The first-order valence-electron chi connectivity index (χ1n) is 10.1. The van der Waals surface area contributed by atoms with Crippen LogP contribution in [0.15, 0.2) is 18.2 Å². The summed E-state index contributed by atoms with van der Waals surface area (Å²) in [7, 11) is 1.64. The van der Waals surface area contributed by atoms with Gasteiger partial charge in [0.25, 0.3) is 0 Å². The van der Waals surface area contributed by atoms with Gasteiger partial charge in [-0.25, -0.2) is 4.79 Å². The van der Waals surface area contributed by atoms with Gasteiger partial charge in [0.2, 0.25) is 11.8 Å². The number of carbonyl (C=O) groups excluding carboxylic acids is 3. The largest absolute Gasteiger partial charge is 0.385 e. The summed E-state index contributed by atoms with van der Waals surface area (Å²) in [4.78, 5) is 38.4. The molecule has 1 saturated heterocycles. The number of nitrogens with one attached hydrogen (secondary N) is 3. The van der Waals surface area contributed by atoms with E-state index in [4.69, 9.17) is 4.74 Å². The second-order valence-corrected chi connectivity index (χ2v) is 7.51. The van der Waals surface area contributed by atoms with Gasteiger partial charge in [0.1, 0.15) is 0 Å². The lowest BCUT2D eigenvalue weighted by molar-refractivity contribution is -0.126. The number of hydrogen-bond donors (Lipinski definition) is 3. The molecule has 0 spiro atoms. The number of methoxy groups -OCH3 is 1. The number of benzene rings is 1. The van der Waals surface area contributed by atoms with Crippen LogP contribution in [-0.2, 0) is 14.3 Å². The summed E-state index contributed by atoms with van der Waals surface area (Å²) < 4.78 is 4.97. The Morgan fingerprint density at radius 3 is 2.55 bits per heavy atom. The van der Waals surface area contributed by atoms with E-state index in [1.165, 1.54) is 0 Å². The molecule has 0 radical (unpaired) electrons. The third-order valence-corrected chi connectivity index (χ3v) is 5.03. The maximum absolute atomic E-state index is 12.2. The van der Waals surface area contributed by atoms with Crippen LogP contribution >= 0.6 is 0 Å². The van der Waals surface area contributed by atoms with E-state index in [0.717, 1.165) is 17.5 Å². The van der Waals surface area contributed by atoms with Crippen molar-refractivity contribution in [2.24, 2.45) is 5.92 Å². The summed E-state index contributed by atoms with van der Waals surface area (Å²) in [5, 5.41) is 8.00. The van der Waals surface area contributed by atoms with Crippen molar-refractivity contribution in [1.29, 1.82) is 0 Å². The number of amides is 4. The summed E-state index contributed by atoms with van der Waals surface area (Å²) in [5.74, 6) is -0.308. The van der Waals surface area contributed by atoms with E-state index in [0.29, 0.717) is 44.8 Å². The van der Waals surface area contributed by atoms with Gasteiger partial charge in [-0.3, -0.25) is 19.8 Å². The quantitative estimate of drug-likeness (QED) is 0.574. The zero-order valence-corrected chi connectivity index (χ0v) is 17.5. The number of hydrogen-bond acceptors (Lipinski definition) is 5. The van der Waals surface area contributed by atoms with Crippen LogP contribution in [0, 0.1) is 19.8 Å². The smallest absolute Gasteiger partial charge is 0.325 e. The molecule has 2 rings (SSSR count). The lowest BCUT2D eigenvalue weighted by Crippen LogP contribution is -2.46. The molecule has 8 nitrogen and oxygen atoms in total. The standard InChI is InChI=1S/C21H32N4O4/c1-15-5-6-18(16(2)13-15)23-21(28)24-19(26)14-25-10-7-17(8-11-25)20(27)22-9-4-12-29-3/h5-6,13,17H,4,7-12,14H2,1-3H3,(H,22,27)(H2,23,24,26,28). The van der Waals surface area contributed by atoms with Crippen molar-refractivity contribution < 1.29 is 19.1 Å². The van der Waals surface area contributed by atoms with Crippen molar-refractivity contribution in [2.45, 2.75) is 33.1 Å². The average Bonchev–Trinajstić information content (AvgIpc) is 2.67. The third kappa shape index (κ3) is 7.83. The molecule has 1 heterocycles. The molecule has 0 aliphatic carbocycles. The fraction of sp³-hybridized carbons (Fsp3) is 0.571. The highest BCUT2D eigenvalue weighted by Gasteiger charge is 2.26. The fourth-order valence-electron chi connectivity index (χ4n) is 3.40. The summed E-state index contributed by atoms with van der Waals surface area (Å²) in [6, 6.07) is 5.16. The number of ether oxygens (including phenoxy) is 1. The molecule has 1 aliphatic rings. The van der Waals surface area contributed by atoms with Crippen LogP contribution < -0.4 is 16.0 Å². The summed E-state index contributed by atoms with van der Waals surface area (Å²) >= 11 is 0. The fourth-order valence-corrected chi connectivity index (χ4v) is 3.40. The van der Waals surface area contributed by atoms with Crippen molar-refractivity contribution >= 4 is 23.5 Å². The number of carbonyl (C=O) groups is 3. The van der Waals surface area contributed by atoms with Crippen LogP contribution in [0.4, 0.5) is 10.5 Å². The van der Waals surface area contributed by atoms with E-state index < -0.39 is 6.03 Å². The molecule has 1 aromatic carbocycles. The van der Waals surface area contributed by atoms with Gasteiger partial charge in [-0.2, -0.15) is 0 Å². The van der Waals surface area contributed by atoms with Crippen LogP contribution in [-0.4, -0.2) is 62.6 Å². The molecule has 8 heteroatoms. The highest BCUT2D eigenvalue weighted by Crippen LogP contribution is 2.17. The van der Waals surface area contributed by atoms with Crippen LogP contribution in [0.2, 0.25) is 0 Å². The molecule has 1 fully saturated rings. The Morgan fingerprint density at radius 1 is 1.17 bits per heavy atom. The van der Waals surface area contributed by atoms with Gasteiger partial charge in [-0.15, -0.1) is 0 Å². The maximum Gasteiger partial charge on any atom is 0.325 e. The van der Waals surface area contributed by atoms with E-state index >= 15 is 0 Å². The van der Waals surface area contributed by atoms with Crippen molar-refractivity contribution in [2.75, 3.05) is 45.2 Å². The molecule has 0 saturated carbocycles. The minimum Gasteiger partial charge on any atom is -0.385 e. The lowest BCUT2D eigenvalue weighted by atomic mass is 9.96. The summed E-state index contributed by atoms with van der Waals surface area (Å²) in [6.07, 6.45) is 2.21. The minimum absolute atomic E-state index is 0.0235. The molecule has 4 amide bonds. The maximum atomic E-state index is 12.2. The molecule has 3 N–H and O–H groups in total. The van der Waals surface area contributed by atoms with Crippen molar-refractivity contribution in [3.63, 3.8) is 0 Å². The number of rotatable bonds is 8. The van der Waals surface area contributed by atoms with Crippen LogP contribution in [0.3, 0.4) is 0 Å². The molecule has 1 aromatic rings. The molecule has 0 unspecified atom stereocenters. The predicted molar refractivity (Wildman–Crippen MR) is 112 cm³/mol. The molecule has 0 bridgehead atoms. The first kappa shape index (κ1) is 22.8. The number of urea groups is 1. The van der Waals surface area contributed by atoms with Crippen LogP contribution in [0.25, 0.3) is 0 Å². The highest BCUT2D eigenvalue weighted by molar-refractivity contribution is 6.02. The summed E-state index contributed by atoms with van der Waals surface area (Å²) in [5.41, 5.74) is 2.73. The Balaban J connectivity index is 1.68. The van der Waals surface area contributed by atoms with Gasteiger partial charge in [-0.1, -0.05) is 17.7 Å². The third-order valence-electron chi connectivity index (χ3n) is 5.03. The number of likely N-dealkylation sites (tertiary alicyclic amines) is 1. The van der Waals surface area contributed by atoms with Gasteiger partial charge in [0.05, 0.1) is 6.54 Å².